The SMILES string of the molecule is CC(C)NC(=NCc1ccccn1)NCC1CCCO1.I. The van der Waals surface area contributed by atoms with Crippen molar-refractivity contribution in [2.24, 2.45) is 4.99 Å². The number of aliphatic imine (C=N–C) groups is 1. The van der Waals surface area contributed by atoms with E-state index in [0.29, 0.717) is 18.7 Å². The largest absolute Gasteiger partial charge is 0.376 e. The predicted molar refractivity (Wildman–Crippen MR) is 96.0 cm³/mol. The van der Waals surface area contributed by atoms with Crippen molar-refractivity contribution in [3.63, 3.8) is 0 Å². The maximum Gasteiger partial charge on any atom is 0.191 e. The minimum absolute atomic E-state index is 0. The molecule has 6 heteroatoms. The minimum atomic E-state index is 0. The molecule has 0 aliphatic carbocycles. The molecule has 1 aromatic rings. The number of halogens is 1. The maximum absolute atomic E-state index is 5.61. The quantitative estimate of drug-likeness (QED) is 0.450. The summed E-state index contributed by atoms with van der Waals surface area (Å²) in [4.78, 5) is 8.85. The van der Waals surface area contributed by atoms with Gasteiger partial charge in [-0.15, -0.1) is 24.0 Å². The lowest BCUT2D eigenvalue weighted by Gasteiger charge is -2.17. The first kappa shape index (κ1) is 18.2. The van der Waals surface area contributed by atoms with E-state index in [1.54, 1.807) is 6.20 Å². The van der Waals surface area contributed by atoms with Gasteiger partial charge in [0.05, 0.1) is 18.3 Å². The Hall–Kier alpha value is -0.890. The van der Waals surface area contributed by atoms with Crippen LogP contribution in [0.4, 0.5) is 0 Å². The number of nitrogens with zero attached hydrogens (tertiary/aromatic N) is 2. The molecule has 2 N–H and O–H groups in total. The molecule has 1 aromatic heterocycles. The van der Waals surface area contributed by atoms with Crippen molar-refractivity contribution in [1.29, 1.82) is 0 Å². The van der Waals surface area contributed by atoms with Gasteiger partial charge in [-0.05, 0) is 38.8 Å². The first-order valence-electron chi connectivity index (χ1n) is 7.30. The number of ether oxygens (including phenoxy) is 1. The van der Waals surface area contributed by atoms with Crippen LogP contribution in [0.25, 0.3) is 0 Å². The lowest BCUT2D eigenvalue weighted by Crippen LogP contribution is -2.44. The summed E-state index contributed by atoms with van der Waals surface area (Å²) in [6.45, 7) is 6.47. The number of hydrogen-bond donors (Lipinski definition) is 2. The summed E-state index contributed by atoms with van der Waals surface area (Å²) in [5, 5.41) is 6.68. The Bertz CT molecular complexity index is 419. The highest BCUT2D eigenvalue weighted by Gasteiger charge is 2.15. The fourth-order valence-corrected chi connectivity index (χ4v) is 2.09. The van der Waals surface area contributed by atoms with Gasteiger partial charge in [0.2, 0.25) is 0 Å². The van der Waals surface area contributed by atoms with Crippen LogP contribution in [0.1, 0.15) is 32.4 Å². The third-order valence-electron chi connectivity index (χ3n) is 3.07. The second-order valence-corrected chi connectivity index (χ2v) is 5.30. The first-order chi connectivity index (χ1) is 9.74. The number of guanidine groups is 1. The zero-order valence-corrected chi connectivity index (χ0v) is 15.0. The average molecular weight is 404 g/mol. The van der Waals surface area contributed by atoms with E-state index in [4.69, 9.17) is 4.74 Å². The predicted octanol–water partition coefficient (Wildman–Crippen LogP) is 2.32. The standard InChI is InChI=1S/C15H24N4O.HI/c1-12(2)19-15(18-11-14-7-5-9-20-14)17-10-13-6-3-4-8-16-13;/h3-4,6,8,12,14H,5,7,9-11H2,1-2H3,(H2,17,18,19);1H. The molecule has 1 aliphatic heterocycles. The van der Waals surface area contributed by atoms with Gasteiger partial charge in [0, 0.05) is 25.4 Å². The Labute approximate surface area is 144 Å². The second-order valence-electron chi connectivity index (χ2n) is 5.30. The molecule has 1 atom stereocenters. The van der Waals surface area contributed by atoms with E-state index < -0.39 is 0 Å². The van der Waals surface area contributed by atoms with E-state index in [1.165, 1.54) is 0 Å². The second kappa shape index (κ2) is 9.94. The smallest absolute Gasteiger partial charge is 0.191 e. The van der Waals surface area contributed by atoms with Gasteiger partial charge in [-0.1, -0.05) is 6.07 Å². The molecule has 0 bridgehead atoms. The lowest BCUT2D eigenvalue weighted by molar-refractivity contribution is 0.113. The van der Waals surface area contributed by atoms with Crippen molar-refractivity contribution in [2.45, 2.75) is 45.4 Å². The van der Waals surface area contributed by atoms with E-state index >= 15 is 0 Å². The third kappa shape index (κ3) is 7.08. The van der Waals surface area contributed by atoms with Gasteiger partial charge < -0.3 is 15.4 Å². The van der Waals surface area contributed by atoms with Crippen LogP contribution in [0.15, 0.2) is 29.4 Å². The highest BCUT2D eigenvalue weighted by molar-refractivity contribution is 14.0. The van der Waals surface area contributed by atoms with Gasteiger partial charge in [0.1, 0.15) is 0 Å². The van der Waals surface area contributed by atoms with Gasteiger partial charge in [0.15, 0.2) is 5.96 Å². The van der Waals surface area contributed by atoms with Crippen LogP contribution in [-0.4, -0.2) is 36.2 Å². The van der Waals surface area contributed by atoms with E-state index in [9.17, 15) is 0 Å². The van der Waals surface area contributed by atoms with Crippen molar-refractivity contribution in [1.82, 2.24) is 15.6 Å². The summed E-state index contributed by atoms with van der Waals surface area (Å²) < 4.78 is 5.61. The Kier molecular flexibility index (Phi) is 8.60. The Balaban J connectivity index is 0.00000220. The summed E-state index contributed by atoms with van der Waals surface area (Å²) in [6.07, 6.45) is 4.39. The number of aromatic nitrogens is 1. The highest BCUT2D eigenvalue weighted by atomic mass is 127. The normalized spacial score (nSPS) is 18.4. The molecule has 2 rings (SSSR count). The molecule has 5 nitrogen and oxygen atoms in total. The molecule has 0 amide bonds. The maximum atomic E-state index is 5.61. The van der Waals surface area contributed by atoms with E-state index in [2.05, 4.69) is 34.5 Å². The fourth-order valence-electron chi connectivity index (χ4n) is 2.09. The molecular weight excluding hydrogens is 379 g/mol. The lowest BCUT2D eigenvalue weighted by atomic mass is 10.2. The van der Waals surface area contributed by atoms with Gasteiger partial charge in [-0.2, -0.15) is 0 Å². The number of rotatable bonds is 5. The highest BCUT2D eigenvalue weighted by Crippen LogP contribution is 2.10. The van der Waals surface area contributed by atoms with Gasteiger partial charge >= 0.3 is 0 Å². The summed E-state index contributed by atoms with van der Waals surface area (Å²) in [5.74, 6) is 0.821. The minimum Gasteiger partial charge on any atom is -0.376 e. The monoisotopic (exact) mass is 404 g/mol. The number of pyridine rings is 1. The molecular formula is C15H25IN4O. The van der Waals surface area contributed by atoms with Crippen LogP contribution < -0.4 is 10.6 Å². The molecule has 2 heterocycles. The molecule has 1 unspecified atom stereocenters. The summed E-state index contributed by atoms with van der Waals surface area (Å²) in [6, 6.07) is 6.22. The molecule has 0 aromatic carbocycles. The molecule has 118 valence electrons. The first-order valence-corrected chi connectivity index (χ1v) is 7.30. The van der Waals surface area contributed by atoms with Crippen LogP contribution >= 0.6 is 24.0 Å². The van der Waals surface area contributed by atoms with Crippen molar-refractivity contribution < 1.29 is 4.74 Å². The molecule has 1 saturated heterocycles. The van der Waals surface area contributed by atoms with Crippen molar-refractivity contribution in [2.75, 3.05) is 13.2 Å². The van der Waals surface area contributed by atoms with Gasteiger partial charge in [-0.3, -0.25) is 4.98 Å². The van der Waals surface area contributed by atoms with E-state index in [1.807, 2.05) is 18.2 Å². The Morgan fingerprint density at radius 2 is 2.33 bits per heavy atom. The average Bonchev–Trinajstić information content (AvgIpc) is 2.96. The van der Waals surface area contributed by atoms with Crippen LogP contribution in [0, 0.1) is 0 Å². The summed E-state index contributed by atoms with van der Waals surface area (Å²) >= 11 is 0. The third-order valence-corrected chi connectivity index (χ3v) is 3.07. The van der Waals surface area contributed by atoms with Crippen molar-refractivity contribution in [3.8, 4) is 0 Å². The topological polar surface area (TPSA) is 58.5 Å². The Morgan fingerprint density at radius 1 is 1.48 bits per heavy atom. The van der Waals surface area contributed by atoms with Crippen LogP contribution in [-0.2, 0) is 11.3 Å². The Morgan fingerprint density at radius 3 is 2.95 bits per heavy atom. The molecule has 21 heavy (non-hydrogen) atoms. The molecule has 0 radical (unpaired) electrons. The van der Waals surface area contributed by atoms with Crippen LogP contribution in [0.3, 0.4) is 0 Å². The summed E-state index contributed by atoms with van der Waals surface area (Å²) in [7, 11) is 0. The molecule has 1 fully saturated rings. The number of nitrogens with one attached hydrogen (secondary N) is 2. The van der Waals surface area contributed by atoms with Crippen molar-refractivity contribution >= 4 is 29.9 Å². The molecule has 0 saturated carbocycles. The van der Waals surface area contributed by atoms with Crippen molar-refractivity contribution in [3.05, 3.63) is 30.1 Å². The van der Waals surface area contributed by atoms with Gasteiger partial charge in [-0.25, -0.2) is 4.99 Å². The van der Waals surface area contributed by atoms with E-state index in [-0.39, 0.29) is 24.0 Å². The zero-order chi connectivity index (χ0) is 14.2. The van der Waals surface area contributed by atoms with Gasteiger partial charge in [0.25, 0.3) is 0 Å². The molecule has 0 spiro atoms. The zero-order valence-electron chi connectivity index (χ0n) is 12.7. The fraction of sp³-hybridized carbons (Fsp3) is 0.600. The van der Waals surface area contributed by atoms with Crippen LogP contribution in [0.5, 0.6) is 0 Å². The van der Waals surface area contributed by atoms with E-state index in [0.717, 1.165) is 37.6 Å². The molecule has 1 aliphatic rings. The van der Waals surface area contributed by atoms with Crippen LogP contribution in [0.2, 0.25) is 0 Å². The summed E-state index contributed by atoms with van der Waals surface area (Å²) in [5.41, 5.74) is 0.967. The number of hydrogen-bond acceptors (Lipinski definition) is 3.